The quantitative estimate of drug-likeness (QED) is 0.725. The molecule has 1 unspecified atom stereocenters. The molecule has 3 heteroatoms. The van der Waals surface area contributed by atoms with Gasteiger partial charge in [-0.2, -0.15) is 0 Å². The smallest absolute Gasteiger partial charge is 0.146 e. The lowest BCUT2D eigenvalue weighted by atomic mass is 10.0. The van der Waals surface area contributed by atoms with Crippen molar-refractivity contribution in [2.75, 3.05) is 5.73 Å². The van der Waals surface area contributed by atoms with Gasteiger partial charge in [0.15, 0.2) is 0 Å². The Bertz CT molecular complexity index is 334. The lowest BCUT2D eigenvalue weighted by Gasteiger charge is -2.14. The van der Waals surface area contributed by atoms with Crippen LogP contribution < -0.4 is 11.5 Å². The van der Waals surface area contributed by atoms with E-state index in [9.17, 15) is 4.39 Å². The van der Waals surface area contributed by atoms with Gasteiger partial charge < -0.3 is 11.5 Å². The van der Waals surface area contributed by atoms with Crippen molar-refractivity contribution in [3.63, 3.8) is 0 Å². The van der Waals surface area contributed by atoms with Crippen LogP contribution in [-0.4, -0.2) is 0 Å². The largest absolute Gasteiger partial charge is 0.396 e. The molecule has 0 spiro atoms. The fourth-order valence-electron chi connectivity index (χ4n) is 1.72. The molecule has 1 aromatic carbocycles. The van der Waals surface area contributed by atoms with Crippen LogP contribution in [0.2, 0.25) is 0 Å². The molecule has 0 amide bonds. The first-order chi connectivity index (χ1) is 6.68. The van der Waals surface area contributed by atoms with Crippen molar-refractivity contribution in [2.24, 2.45) is 11.7 Å². The van der Waals surface area contributed by atoms with Gasteiger partial charge in [-0.25, -0.2) is 4.39 Å². The van der Waals surface area contributed by atoms with Crippen LogP contribution in [0.3, 0.4) is 0 Å². The molecule has 4 N–H and O–H groups in total. The molecule has 1 aliphatic rings. The van der Waals surface area contributed by atoms with Crippen molar-refractivity contribution >= 4 is 5.69 Å². The third-order valence-electron chi connectivity index (χ3n) is 2.77. The van der Waals surface area contributed by atoms with Crippen molar-refractivity contribution in [2.45, 2.75) is 25.3 Å². The Morgan fingerprint density at radius 1 is 1.43 bits per heavy atom. The van der Waals surface area contributed by atoms with Gasteiger partial charge >= 0.3 is 0 Å². The van der Waals surface area contributed by atoms with Crippen LogP contribution in [0, 0.1) is 11.7 Å². The van der Waals surface area contributed by atoms with E-state index in [0.717, 1.165) is 17.9 Å². The molecule has 1 saturated carbocycles. The van der Waals surface area contributed by atoms with Gasteiger partial charge in [0, 0.05) is 6.04 Å². The average molecular weight is 194 g/mol. The number of hydrogen-bond acceptors (Lipinski definition) is 2. The second kappa shape index (κ2) is 3.58. The number of hydrogen-bond donors (Lipinski definition) is 2. The highest BCUT2D eigenvalue weighted by molar-refractivity contribution is 5.49. The number of nitrogens with two attached hydrogens (primary N) is 2. The lowest BCUT2D eigenvalue weighted by Crippen LogP contribution is -2.13. The minimum Gasteiger partial charge on any atom is -0.396 e. The molecular weight excluding hydrogens is 179 g/mol. The van der Waals surface area contributed by atoms with Crippen LogP contribution in [-0.2, 0) is 0 Å². The summed E-state index contributed by atoms with van der Waals surface area (Å²) in [6.45, 7) is 0. The Labute approximate surface area is 83.1 Å². The van der Waals surface area contributed by atoms with Gasteiger partial charge in [-0.1, -0.05) is 25.0 Å². The number of para-hydroxylation sites is 1. The second-order valence-electron chi connectivity index (χ2n) is 4.03. The van der Waals surface area contributed by atoms with Crippen LogP contribution in [0.25, 0.3) is 0 Å². The molecule has 1 atom stereocenters. The summed E-state index contributed by atoms with van der Waals surface area (Å²) in [7, 11) is 0. The van der Waals surface area contributed by atoms with Gasteiger partial charge in [0.1, 0.15) is 5.82 Å². The first-order valence-corrected chi connectivity index (χ1v) is 4.98. The fraction of sp³-hybridized carbons (Fsp3) is 0.455. The molecular formula is C11H15FN2. The van der Waals surface area contributed by atoms with E-state index < -0.39 is 0 Å². The Morgan fingerprint density at radius 2 is 2.14 bits per heavy atom. The van der Waals surface area contributed by atoms with E-state index in [-0.39, 0.29) is 17.5 Å². The molecule has 76 valence electrons. The lowest BCUT2D eigenvalue weighted by molar-refractivity contribution is 0.587. The van der Waals surface area contributed by atoms with Crippen molar-refractivity contribution in [3.8, 4) is 0 Å². The van der Waals surface area contributed by atoms with E-state index in [0.29, 0.717) is 0 Å². The van der Waals surface area contributed by atoms with E-state index in [1.807, 2.05) is 6.07 Å². The van der Waals surface area contributed by atoms with Crippen molar-refractivity contribution in [1.29, 1.82) is 0 Å². The number of benzene rings is 1. The summed E-state index contributed by atoms with van der Waals surface area (Å²) in [5.41, 5.74) is 12.5. The molecule has 1 aromatic rings. The third kappa shape index (κ3) is 1.87. The first kappa shape index (κ1) is 9.46. The van der Waals surface area contributed by atoms with Gasteiger partial charge in [0.05, 0.1) is 5.69 Å². The molecule has 0 heterocycles. The van der Waals surface area contributed by atoms with Crippen LogP contribution in [0.4, 0.5) is 10.1 Å². The van der Waals surface area contributed by atoms with Crippen LogP contribution in [0.15, 0.2) is 18.2 Å². The number of anilines is 1. The molecule has 1 aliphatic carbocycles. The van der Waals surface area contributed by atoms with Gasteiger partial charge in [-0.15, -0.1) is 0 Å². The molecule has 1 fully saturated rings. The predicted octanol–water partition coefficient (Wildman–Crippen LogP) is 2.21. The predicted molar refractivity (Wildman–Crippen MR) is 55.1 cm³/mol. The maximum Gasteiger partial charge on any atom is 0.146 e. The second-order valence-corrected chi connectivity index (χ2v) is 4.03. The zero-order chi connectivity index (χ0) is 10.1. The number of rotatable bonds is 3. The van der Waals surface area contributed by atoms with E-state index in [1.54, 1.807) is 6.07 Å². The Hall–Kier alpha value is -1.09. The van der Waals surface area contributed by atoms with Gasteiger partial charge in [-0.3, -0.25) is 0 Å². The highest BCUT2D eigenvalue weighted by Gasteiger charge is 2.25. The maximum atomic E-state index is 13.1. The SMILES string of the molecule is Nc1c(F)cccc1C(N)CC1CC1. The Balaban J connectivity index is 2.16. The standard InChI is InChI=1S/C11H15FN2/c12-9-3-1-2-8(11(9)14)10(13)6-7-4-5-7/h1-3,7,10H,4-6,13-14H2. The molecule has 0 aliphatic heterocycles. The molecule has 2 rings (SSSR count). The first-order valence-electron chi connectivity index (χ1n) is 4.98. The summed E-state index contributed by atoms with van der Waals surface area (Å²) in [6.07, 6.45) is 3.43. The van der Waals surface area contributed by atoms with Gasteiger partial charge in [0.25, 0.3) is 0 Å². The van der Waals surface area contributed by atoms with Crippen LogP contribution in [0.5, 0.6) is 0 Å². The summed E-state index contributed by atoms with van der Waals surface area (Å²) in [5, 5.41) is 0. The molecule has 14 heavy (non-hydrogen) atoms. The normalized spacial score (nSPS) is 18.1. The minimum absolute atomic E-state index is 0.113. The molecule has 0 radical (unpaired) electrons. The van der Waals surface area contributed by atoms with Crippen LogP contribution >= 0.6 is 0 Å². The highest BCUT2D eigenvalue weighted by atomic mass is 19.1. The summed E-state index contributed by atoms with van der Waals surface area (Å²) in [5.74, 6) is 0.362. The topological polar surface area (TPSA) is 52.0 Å². The summed E-state index contributed by atoms with van der Waals surface area (Å²) in [4.78, 5) is 0. The zero-order valence-electron chi connectivity index (χ0n) is 8.04. The summed E-state index contributed by atoms with van der Waals surface area (Å²) in [6, 6.07) is 4.72. The summed E-state index contributed by atoms with van der Waals surface area (Å²) >= 11 is 0. The van der Waals surface area contributed by atoms with Gasteiger partial charge in [0.2, 0.25) is 0 Å². The Kier molecular flexibility index (Phi) is 2.42. The fourth-order valence-corrected chi connectivity index (χ4v) is 1.72. The van der Waals surface area contributed by atoms with Crippen molar-refractivity contribution < 1.29 is 4.39 Å². The van der Waals surface area contributed by atoms with Crippen LogP contribution in [0.1, 0.15) is 30.9 Å². The molecule has 2 nitrogen and oxygen atoms in total. The molecule has 0 aromatic heterocycles. The van der Waals surface area contributed by atoms with Crippen molar-refractivity contribution in [3.05, 3.63) is 29.6 Å². The maximum absolute atomic E-state index is 13.1. The average Bonchev–Trinajstić information content (AvgIpc) is 2.93. The monoisotopic (exact) mass is 194 g/mol. The minimum atomic E-state index is -0.367. The van der Waals surface area contributed by atoms with Crippen molar-refractivity contribution in [1.82, 2.24) is 0 Å². The molecule has 0 bridgehead atoms. The van der Waals surface area contributed by atoms with E-state index >= 15 is 0 Å². The molecule has 0 saturated heterocycles. The number of halogens is 1. The number of nitrogen functional groups attached to an aromatic ring is 1. The summed E-state index contributed by atoms with van der Waals surface area (Å²) < 4.78 is 13.1. The van der Waals surface area contributed by atoms with E-state index in [1.165, 1.54) is 18.9 Å². The third-order valence-corrected chi connectivity index (χ3v) is 2.77. The highest BCUT2D eigenvalue weighted by Crippen LogP contribution is 2.37. The van der Waals surface area contributed by atoms with E-state index in [4.69, 9.17) is 11.5 Å². The van der Waals surface area contributed by atoms with Gasteiger partial charge in [-0.05, 0) is 24.0 Å². The van der Waals surface area contributed by atoms with E-state index in [2.05, 4.69) is 0 Å². The zero-order valence-corrected chi connectivity index (χ0v) is 8.04. The Morgan fingerprint density at radius 3 is 2.79 bits per heavy atom.